The van der Waals surface area contributed by atoms with Crippen LogP contribution in [0.4, 0.5) is 4.79 Å². The van der Waals surface area contributed by atoms with Crippen molar-refractivity contribution in [3.8, 4) is 0 Å². The molecule has 128 valence electrons. The SMILES string of the molecule is C[C@@H]1CN(C(=O)NCCc2ccc(S(N)(=O)=O)cc2)CCCO1. The molecule has 0 aliphatic carbocycles. The third kappa shape index (κ3) is 5.49. The van der Waals surface area contributed by atoms with Gasteiger partial charge in [0.15, 0.2) is 0 Å². The summed E-state index contributed by atoms with van der Waals surface area (Å²) in [5.74, 6) is 0. The van der Waals surface area contributed by atoms with Crippen molar-refractivity contribution in [3.05, 3.63) is 29.8 Å². The monoisotopic (exact) mass is 341 g/mol. The van der Waals surface area contributed by atoms with E-state index in [0.717, 1.165) is 12.0 Å². The highest BCUT2D eigenvalue weighted by molar-refractivity contribution is 7.89. The summed E-state index contributed by atoms with van der Waals surface area (Å²) in [6.07, 6.45) is 1.51. The molecular formula is C15H23N3O4S. The first-order chi connectivity index (χ1) is 10.9. The van der Waals surface area contributed by atoms with Crippen LogP contribution in [0.25, 0.3) is 0 Å². The molecule has 0 aromatic heterocycles. The zero-order chi connectivity index (χ0) is 16.9. The second-order valence-corrected chi connectivity index (χ2v) is 7.21. The first kappa shape index (κ1) is 17.7. The number of benzene rings is 1. The number of nitrogens with one attached hydrogen (secondary N) is 1. The normalized spacial score (nSPS) is 19.2. The molecule has 23 heavy (non-hydrogen) atoms. The van der Waals surface area contributed by atoms with Crippen LogP contribution in [0.5, 0.6) is 0 Å². The largest absolute Gasteiger partial charge is 0.377 e. The Morgan fingerprint density at radius 1 is 1.39 bits per heavy atom. The van der Waals surface area contributed by atoms with Gasteiger partial charge in [0.25, 0.3) is 0 Å². The van der Waals surface area contributed by atoms with Crippen LogP contribution in [0, 0.1) is 0 Å². The molecule has 3 N–H and O–H groups in total. The number of rotatable bonds is 4. The third-order valence-electron chi connectivity index (χ3n) is 3.68. The van der Waals surface area contributed by atoms with Gasteiger partial charge in [0.05, 0.1) is 11.0 Å². The lowest BCUT2D eigenvalue weighted by Gasteiger charge is -2.22. The second kappa shape index (κ2) is 7.76. The van der Waals surface area contributed by atoms with Crippen molar-refractivity contribution < 1.29 is 17.9 Å². The summed E-state index contributed by atoms with van der Waals surface area (Å²) in [6.45, 7) is 4.41. The smallest absolute Gasteiger partial charge is 0.317 e. The minimum Gasteiger partial charge on any atom is -0.377 e. The lowest BCUT2D eigenvalue weighted by Crippen LogP contribution is -2.43. The number of carbonyl (C=O) groups excluding carboxylic acids is 1. The lowest BCUT2D eigenvalue weighted by atomic mass is 10.1. The summed E-state index contributed by atoms with van der Waals surface area (Å²) >= 11 is 0. The molecule has 1 saturated heterocycles. The van der Waals surface area contributed by atoms with Crippen LogP contribution in [0.1, 0.15) is 18.9 Å². The zero-order valence-electron chi connectivity index (χ0n) is 13.2. The molecule has 1 aliphatic rings. The van der Waals surface area contributed by atoms with Gasteiger partial charge in [-0.15, -0.1) is 0 Å². The number of ether oxygens (including phenoxy) is 1. The highest BCUT2D eigenvalue weighted by atomic mass is 32.2. The zero-order valence-corrected chi connectivity index (χ0v) is 14.0. The van der Waals surface area contributed by atoms with Crippen molar-refractivity contribution in [2.75, 3.05) is 26.2 Å². The Balaban J connectivity index is 1.81. The number of nitrogens with zero attached hydrogens (tertiary/aromatic N) is 1. The van der Waals surface area contributed by atoms with Crippen molar-refractivity contribution in [3.63, 3.8) is 0 Å². The van der Waals surface area contributed by atoms with Crippen LogP contribution >= 0.6 is 0 Å². The third-order valence-corrected chi connectivity index (χ3v) is 4.61. The molecule has 1 aliphatic heterocycles. The topological polar surface area (TPSA) is 102 Å². The van der Waals surface area contributed by atoms with E-state index in [1.165, 1.54) is 12.1 Å². The number of amides is 2. The van der Waals surface area contributed by atoms with Crippen LogP contribution in [-0.4, -0.2) is 51.7 Å². The lowest BCUT2D eigenvalue weighted by molar-refractivity contribution is 0.0710. The van der Waals surface area contributed by atoms with E-state index < -0.39 is 10.0 Å². The number of nitrogens with two attached hydrogens (primary N) is 1. The molecule has 1 aromatic rings. The Morgan fingerprint density at radius 2 is 2.09 bits per heavy atom. The predicted octanol–water partition coefficient (Wildman–Crippen LogP) is 0.697. The molecule has 1 fully saturated rings. The van der Waals surface area contributed by atoms with E-state index in [2.05, 4.69) is 5.32 Å². The molecule has 0 unspecified atom stereocenters. The minimum atomic E-state index is -3.66. The average Bonchev–Trinajstić information content (AvgIpc) is 2.71. The van der Waals surface area contributed by atoms with Gasteiger partial charge in [0.2, 0.25) is 10.0 Å². The maximum atomic E-state index is 12.1. The van der Waals surface area contributed by atoms with E-state index in [9.17, 15) is 13.2 Å². The molecule has 1 atom stereocenters. The fourth-order valence-corrected chi connectivity index (χ4v) is 2.97. The molecule has 1 aromatic carbocycles. The molecule has 7 nitrogen and oxygen atoms in total. The summed E-state index contributed by atoms with van der Waals surface area (Å²) in [5.41, 5.74) is 0.935. The van der Waals surface area contributed by atoms with E-state index in [1.807, 2.05) is 6.92 Å². The number of sulfonamides is 1. The van der Waals surface area contributed by atoms with Crippen molar-refractivity contribution in [1.29, 1.82) is 0 Å². The first-order valence-corrected chi connectivity index (χ1v) is 9.17. The number of urea groups is 1. The van der Waals surface area contributed by atoms with Crippen molar-refractivity contribution in [1.82, 2.24) is 10.2 Å². The Bertz CT molecular complexity index is 631. The molecule has 8 heteroatoms. The number of hydrogen-bond donors (Lipinski definition) is 2. The van der Waals surface area contributed by atoms with Gasteiger partial charge in [-0.25, -0.2) is 18.4 Å². The Kier molecular flexibility index (Phi) is 5.97. The van der Waals surface area contributed by atoms with Gasteiger partial charge in [-0.2, -0.15) is 0 Å². The summed E-state index contributed by atoms with van der Waals surface area (Å²) < 4.78 is 27.9. The van der Waals surface area contributed by atoms with Gasteiger partial charge in [0, 0.05) is 26.2 Å². The van der Waals surface area contributed by atoms with Crippen molar-refractivity contribution >= 4 is 16.1 Å². The second-order valence-electron chi connectivity index (χ2n) is 5.65. The summed E-state index contributed by atoms with van der Waals surface area (Å²) in [5, 5.41) is 7.94. The maximum Gasteiger partial charge on any atom is 0.317 e. The van der Waals surface area contributed by atoms with Crippen molar-refractivity contribution in [2.45, 2.75) is 30.8 Å². The molecule has 0 bridgehead atoms. The predicted molar refractivity (Wildman–Crippen MR) is 86.5 cm³/mol. The first-order valence-electron chi connectivity index (χ1n) is 7.62. The van der Waals surface area contributed by atoms with E-state index in [4.69, 9.17) is 9.88 Å². The Hall–Kier alpha value is -1.64. The van der Waals surface area contributed by atoms with Crippen molar-refractivity contribution in [2.24, 2.45) is 5.14 Å². The van der Waals surface area contributed by atoms with Crippen LogP contribution < -0.4 is 10.5 Å². The van der Waals surface area contributed by atoms with Gasteiger partial charge >= 0.3 is 6.03 Å². The molecule has 0 saturated carbocycles. The molecular weight excluding hydrogens is 318 g/mol. The van der Waals surface area contributed by atoms with Gasteiger partial charge in [0.1, 0.15) is 0 Å². The fourth-order valence-electron chi connectivity index (χ4n) is 2.45. The molecule has 0 radical (unpaired) electrons. The Morgan fingerprint density at radius 3 is 2.74 bits per heavy atom. The van der Waals surface area contributed by atoms with E-state index in [-0.39, 0.29) is 17.0 Å². The summed E-state index contributed by atoms with van der Waals surface area (Å²) in [6, 6.07) is 6.26. The number of primary sulfonamides is 1. The van der Waals surface area contributed by atoms with E-state index in [1.54, 1.807) is 17.0 Å². The fraction of sp³-hybridized carbons (Fsp3) is 0.533. The van der Waals surface area contributed by atoms with Crippen LogP contribution in [-0.2, 0) is 21.2 Å². The highest BCUT2D eigenvalue weighted by Gasteiger charge is 2.19. The van der Waals surface area contributed by atoms with Crippen LogP contribution in [0.15, 0.2) is 29.2 Å². The number of hydrogen-bond acceptors (Lipinski definition) is 4. The van der Waals surface area contributed by atoms with Gasteiger partial charge < -0.3 is 15.0 Å². The van der Waals surface area contributed by atoms with E-state index in [0.29, 0.717) is 32.7 Å². The van der Waals surface area contributed by atoms with Gasteiger partial charge in [-0.05, 0) is 37.5 Å². The maximum absolute atomic E-state index is 12.1. The number of carbonyl (C=O) groups is 1. The summed E-state index contributed by atoms with van der Waals surface area (Å²) in [7, 11) is -3.66. The van der Waals surface area contributed by atoms with Gasteiger partial charge in [-0.3, -0.25) is 0 Å². The van der Waals surface area contributed by atoms with Crippen LogP contribution in [0.3, 0.4) is 0 Å². The van der Waals surface area contributed by atoms with Crippen LogP contribution in [0.2, 0.25) is 0 Å². The quantitative estimate of drug-likeness (QED) is 0.841. The van der Waals surface area contributed by atoms with E-state index >= 15 is 0 Å². The molecule has 2 rings (SSSR count). The highest BCUT2D eigenvalue weighted by Crippen LogP contribution is 2.09. The molecule has 2 amide bonds. The molecule has 1 heterocycles. The minimum absolute atomic E-state index is 0.0500. The Labute approximate surface area is 136 Å². The van der Waals surface area contributed by atoms with Gasteiger partial charge in [-0.1, -0.05) is 12.1 Å². The standard InChI is InChI=1S/C15H23N3O4S/c1-12-11-18(9-2-10-22-12)15(19)17-8-7-13-3-5-14(6-4-13)23(16,20)21/h3-6,12H,2,7-11H2,1H3,(H,17,19)(H2,16,20,21)/t12-/m1/s1. The summed E-state index contributed by atoms with van der Waals surface area (Å²) in [4.78, 5) is 14.0. The molecule has 0 spiro atoms. The average molecular weight is 341 g/mol.